The van der Waals surface area contributed by atoms with E-state index in [4.69, 9.17) is 5.41 Å². The molecule has 0 aromatic carbocycles. The van der Waals surface area contributed by atoms with Gasteiger partial charge in [-0.15, -0.1) is 0 Å². The van der Waals surface area contributed by atoms with E-state index in [0.717, 1.165) is 18.3 Å². The molecule has 1 heterocycles. The minimum Gasteiger partial charge on any atom is -0.374 e. The van der Waals surface area contributed by atoms with Crippen LogP contribution in [0.4, 0.5) is 0 Å². The van der Waals surface area contributed by atoms with Gasteiger partial charge in [-0.05, 0) is 25.2 Å². The van der Waals surface area contributed by atoms with Gasteiger partial charge in [0.2, 0.25) is 0 Å². The third-order valence-electron chi connectivity index (χ3n) is 3.48. The van der Waals surface area contributed by atoms with Crippen LogP contribution in [-0.4, -0.2) is 12.4 Å². The lowest BCUT2D eigenvalue weighted by Crippen LogP contribution is -2.29. The predicted octanol–water partition coefficient (Wildman–Crippen LogP) is 3.18. The number of nitrogens with one attached hydrogen (secondary N) is 2. The highest BCUT2D eigenvalue weighted by atomic mass is 14.9. The standard InChI is InChI=1S/C12H24N2/c1-3-10(4-2)9-11-7-5-6-8-14-12(11)13/h10-11H,3-9H2,1-2H3,(H2,13,14). The molecule has 82 valence electrons. The molecule has 1 aliphatic heterocycles. The van der Waals surface area contributed by atoms with E-state index in [1.807, 2.05) is 0 Å². The smallest absolute Gasteiger partial charge is 0.0963 e. The second-order valence-electron chi connectivity index (χ2n) is 4.45. The SMILES string of the molecule is CCC(CC)CC1CCCCNC1=N. The lowest BCUT2D eigenvalue weighted by Gasteiger charge is -2.20. The average Bonchev–Trinajstić information content (AvgIpc) is 2.40. The van der Waals surface area contributed by atoms with Crippen molar-refractivity contribution in [1.29, 1.82) is 5.41 Å². The van der Waals surface area contributed by atoms with E-state index in [2.05, 4.69) is 19.2 Å². The van der Waals surface area contributed by atoms with Gasteiger partial charge in [0.15, 0.2) is 0 Å². The molecule has 0 aliphatic carbocycles. The van der Waals surface area contributed by atoms with Crippen LogP contribution in [0, 0.1) is 17.2 Å². The molecule has 1 saturated heterocycles. The monoisotopic (exact) mass is 196 g/mol. The first-order valence-corrected chi connectivity index (χ1v) is 6.10. The average molecular weight is 196 g/mol. The largest absolute Gasteiger partial charge is 0.374 e. The van der Waals surface area contributed by atoms with E-state index in [9.17, 15) is 0 Å². The Morgan fingerprint density at radius 2 is 2.07 bits per heavy atom. The number of hydrogen-bond acceptors (Lipinski definition) is 1. The molecule has 0 aromatic heterocycles. The fraction of sp³-hybridized carbons (Fsp3) is 0.917. The summed E-state index contributed by atoms with van der Waals surface area (Å²) in [5, 5.41) is 11.1. The maximum absolute atomic E-state index is 7.92. The third kappa shape index (κ3) is 3.32. The Kier molecular flexibility index (Phi) is 4.99. The van der Waals surface area contributed by atoms with Crippen molar-refractivity contribution in [3.8, 4) is 0 Å². The zero-order chi connectivity index (χ0) is 10.4. The molecular weight excluding hydrogens is 172 g/mol. The van der Waals surface area contributed by atoms with E-state index in [1.54, 1.807) is 0 Å². The molecule has 0 bridgehead atoms. The minimum atomic E-state index is 0.516. The van der Waals surface area contributed by atoms with Crippen molar-refractivity contribution >= 4 is 5.84 Å². The van der Waals surface area contributed by atoms with Crippen LogP contribution in [0.25, 0.3) is 0 Å². The summed E-state index contributed by atoms with van der Waals surface area (Å²) < 4.78 is 0. The Bertz CT molecular complexity index is 173. The minimum absolute atomic E-state index is 0.516. The van der Waals surface area contributed by atoms with Gasteiger partial charge in [-0.25, -0.2) is 0 Å². The van der Waals surface area contributed by atoms with Crippen molar-refractivity contribution in [2.45, 2.75) is 52.4 Å². The van der Waals surface area contributed by atoms with Crippen LogP contribution >= 0.6 is 0 Å². The molecule has 1 unspecified atom stereocenters. The highest BCUT2D eigenvalue weighted by molar-refractivity contribution is 5.81. The van der Waals surface area contributed by atoms with Crippen molar-refractivity contribution in [2.24, 2.45) is 11.8 Å². The van der Waals surface area contributed by atoms with E-state index in [1.165, 1.54) is 38.5 Å². The van der Waals surface area contributed by atoms with Crippen molar-refractivity contribution in [2.75, 3.05) is 6.54 Å². The fourth-order valence-electron chi connectivity index (χ4n) is 2.29. The van der Waals surface area contributed by atoms with Crippen LogP contribution in [0.2, 0.25) is 0 Å². The van der Waals surface area contributed by atoms with E-state index in [0.29, 0.717) is 5.92 Å². The molecule has 2 N–H and O–H groups in total. The molecule has 1 aliphatic rings. The molecule has 0 saturated carbocycles. The first kappa shape index (κ1) is 11.5. The van der Waals surface area contributed by atoms with Crippen LogP contribution in [0.15, 0.2) is 0 Å². The molecule has 1 rings (SSSR count). The van der Waals surface area contributed by atoms with Crippen LogP contribution < -0.4 is 5.32 Å². The van der Waals surface area contributed by atoms with Crippen molar-refractivity contribution < 1.29 is 0 Å². The zero-order valence-corrected chi connectivity index (χ0v) is 9.60. The highest BCUT2D eigenvalue weighted by Gasteiger charge is 2.20. The first-order valence-electron chi connectivity index (χ1n) is 6.10. The number of hydrogen-bond donors (Lipinski definition) is 2. The van der Waals surface area contributed by atoms with Crippen molar-refractivity contribution in [3.05, 3.63) is 0 Å². The van der Waals surface area contributed by atoms with Crippen LogP contribution in [0.3, 0.4) is 0 Å². The molecule has 2 nitrogen and oxygen atoms in total. The summed E-state index contributed by atoms with van der Waals surface area (Å²) in [6.45, 7) is 5.54. The second-order valence-corrected chi connectivity index (χ2v) is 4.45. The molecule has 1 atom stereocenters. The van der Waals surface area contributed by atoms with Gasteiger partial charge in [0.25, 0.3) is 0 Å². The zero-order valence-electron chi connectivity index (χ0n) is 9.60. The van der Waals surface area contributed by atoms with Gasteiger partial charge < -0.3 is 5.32 Å². The third-order valence-corrected chi connectivity index (χ3v) is 3.48. The van der Waals surface area contributed by atoms with E-state index in [-0.39, 0.29) is 0 Å². The van der Waals surface area contributed by atoms with Gasteiger partial charge in [-0.2, -0.15) is 0 Å². The van der Waals surface area contributed by atoms with Gasteiger partial charge >= 0.3 is 0 Å². The van der Waals surface area contributed by atoms with E-state index >= 15 is 0 Å². The maximum atomic E-state index is 7.92. The predicted molar refractivity (Wildman–Crippen MR) is 61.8 cm³/mol. The fourth-order valence-corrected chi connectivity index (χ4v) is 2.29. The number of rotatable bonds is 4. The molecule has 1 fully saturated rings. The Balaban J connectivity index is 2.43. The summed E-state index contributed by atoms with van der Waals surface area (Å²) in [6.07, 6.45) is 7.50. The van der Waals surface area contributed by atoms with Crippen LogP contribution in [0.5, 0.6) is 0 Å². The van der Waals surface area contributed by atoms with Crippen molar-refractivity contribution in [1.82, 2.24) is 5.32 Å². The normalized spacial score (nSPS) is 23.4. The molecular formula is C12H24N2. The molecule has 0 spiro atoms. The van der Waals surface area contributed by atoms with Gasteiger partial charge in [0.1, 0.15) is 0 Å². The Hall–Kier alpha value is -0.530. The highest BCUT2D eigenvalue weighted by Crippen LogP contribution is 2.24. The Morgan fingerprint density at radius 3 is 2.71 bits per heavy atom. The van der Waals surface area contributed by atoms with Crippen LogP contribution in [-0.2, 0) is 0 Å². The maximum Gasteiger partial charge on any atom is 0.0963 e. The van der Waals surface area contributed by atoms with Gasteiger partial charge in [0, 0.05) is 12.5 Å². The second kappa shape index (κ2) is 6.05. The summed E-state index contributed by atoms with van der Waals surface area (Å²) in [5.74, 6) is 2.14. The topological polar surface area (TPSA) is 35.9 Å². The van der Waals surface area contributed by atoms with E-state index < -0.39 is 0 Å². The quantitative estimate of drug-likeness (QED) is 0.711. The van der Waals surface area contributed by atoms with Crippen LogP contribution in [0.1, 0.15) is 52.4 Å². The first-order chi connectivity index (χ1) is 6.77. The van der Waals surface area contributed by atoms with Crippen molar-refractivity contribution in [3.63, 3.8) is 0 Å². The number of amidine groups is 1. The molecule has 0 amide bonds. The molecule has 0 aromatic rings. The summed E-state index contributed by atoms with van der Waals surface area (Å²) in [6, 6.07) is 0. The molecule has 2 heteroatoms. The summed E-state index contributed by atoms with van der Waals surface area (Å²) in [7, 11) is 0. The summed E-state index contributed by atoms with van der Waals surface area (Å²) >= 11 is 0. The Morgan fingerprint density at radius 1 is 1.36 bits per heavy atom. The van der Waals surface area contributed by atoms with Gasteiger partial charge in [-0.3, -0.25) is 5.41 Å². The lowest BCUT2D eigenvalue weighted by atomic mass is 9.87. The van der Waals surface area contributed by atoms with Gasteiger partial charge in [0.05, 0.1) is 5.84 Å². The summed E-state index contributed by atoms with van der Waals surface area (Å²) in [4.78, 5) is 0. The van der Waals surface area contributed by atoms with Gasteiger partial charge in [-0.1, -0.05) is 33.1 Å². The molecule has 0 radical (unpaired) electrons. The lowest BCUT2D eigenvalue weighted by molar-refractivity contribution is 0.390. The summed E-state index contributed by atoms with van der Waals surface area (Å²) in [5.41, 5.74) is 0. The Labute approximate surface area is 88.0 Å². The molecule has 14 heavy (non-hydrogen) atoms.